The number of hydrogen-bond acceptors (Lipinski definition) is 6. The van der Waals surface area contributed by atoms with E-state index in [1.807, 2.05) is 0 Å². The summed E-state index contributed by atoms with van der Waals surface area (Å²) < 4.78 is 5.70. The van der Waals surface area contributed by atoms with Crippen LogP contribution in [0, 0.1) is 6.92 Å². The minimum Gasteiger partial charge on any atom is -0.339 e. The second kappa shape index (κ2) is 5.38. The molecule has 0 radical (unpaired) electrons. The molecule has 2 aromatic heterocycles. The average molecular weight is 259 g/mol. The van der Waals surface area contributed by atoms with Crippen LogP contribution in [0.15, 0.2) is 10.7 Å². The topological polar surface area (TPSA) is 63.8 Å². The van der Waals surface area contributed by atoms with Gasteiger partial charge in [-0.1, -0.05) is 16.8 Å². The second-order valence-electron chi connectivity index (χ2n) is 3.22. The molecule has 0 amide bonds. The van der Waals surface area contributed by atoms with Gasteiger partial charge in [-0.15, -0.1) is 11.3 Å². The third-order valence-electron chi connectivity index (χ3n) is 1.89. The van der Waals surface area contributed by atoms with Crippen LogP contribution < -0.4 is 5.32 Å². The van der Waals surface area contributed by atoms with Gasteiger partial charge >= 0.3 is 0 Å². The fourth-order valence-corrected chi connectivity index (χ4v) is 2.13. The van der Waals surface area contributed by atoms with Crippen LogP contribution in [-0.2, 0) is 13.0 Å². The number of hydrogen-bond donors (Lipinski definition) is 1. The Hall–Kier alpha value is -0.980. The predicted molar refractivity (Wildman–Crippen MR) is 61.6 cm³/mol. The van der Waals surface area contributed by atoms with Gasteiger partial charge in [-0.25, -0.2) is 4.98 Å². The number of thiazole rings is 1. The Kier molecular flexibility index (Phi) is 3.87. The van der Waals surface area contributed by atoms with E-state index in [2.05, 4.69) is 20.4 Å². The lowest BCUT2D eigenvalue weighted by atomic mass is 10.4. The van der Waals surface area contributed by atoms with Gasteiger partial charge in [-0.2, -0.15) is 4.98 Å². The molecule has 0 aliphatic rings. The molecular formula is C9H11ClN4OS. The van der Waals surface area contributed by atoms with Crippen molar-refractivity contribution in [2.45, 2.75) is 19.9 Å². The van der Waals surface area contributed by atoms with Crippen LogP contribution in [-0.4, -0.2) is 21.7 Å². The minimum atomic E-state index is 0.655. The van der Waals surface area contributed by atoms with Gasteiger partial charge in [0, 0.05) is 19.5 Å². The number of aromatic nitrogens is 3. The fourth-order valence-electron chi connectivity index (χ4n) is 1.20. The van der Waals surface area contributed by atoms with E-state index < -0.39 is 0 Å². The van der Waals surface area contributed by atoms with Gasteiger partial charge in [0.1, 0.15) is 9.34 Å². The molecule has 0 aliphatic carbocycles. The normalized spacial score (nSPS) is 10.9. The highest BCUT2D eigenvalue weighted by Crippen LogP contribution is 2.17. The SMILES string of the molecule is Cc1noc(CCNCc2ncc(Cl)s2)n1. The molecule has 2 heterocycles. The first kappa shape index (κ1) is 11.5. The summed E-state index contributed by atoms with van der Waals surface area (Å²) in [6, 6.07) is 0. The first-order chi connectivity index (χ1) is 7.74. The van der Waals surface area contributed by atoms with E-state index in [9.17, 15) is 0 Å². The van der Waals surface area contributed by atoms with Crippen molar-refractivity contribution in [3.05, 3.63) is 27.3 Å². The van der Waals surface area contributed by atoms with E-state index in [0.717, 1.165) is 18.0 Å². The quantitative estimate of drug-likeness (QED) is 0.829. The molecule has 0 unspecified atom stereocenters. The van der Waals surface area contributed by atoms with Crippen LogP contribution in [0.3, 0.4) is 0 Å². The van der Waals surface area contributed by atoms with Crippen LogP contribution >= 0.6 is 22.9 Å². The number of rotatable bonds is 5. The molecule has 1 N–H and O–H groups in total. The zero-order valence-electron chi connectivity index (χ0n) is 8.73. The smallest absolute Gasteiger partial charge is 0.227 e. The Bertz CT molecular complexity index is 414. The Morgan fingerprint density at radius 1 is 1.56 bits per heavy atom. The maximum atomic E-state index is 5.77. The summed E-state index contributed by atoms with van der Waals surface area (Å²) >= 11 is 7.25. The van der Waals surface area contributed by atoms with E-state index in [1.54, 1.807) is 13.1 Å². The van der Waals surface area contributed by atoms with E-state index in [-0.39, 0.29) is 0 Å². The molecular weight excluding hydrogens is 248 g/mol. The summed E-state index contributed by atoms with van der Waals surface area (Å²) in [4.78, 5) is 8.24. The van der Waals surface area contributed by atoms with E-state index in [4.69, 9.17) is 16.1 Å². The maximum absolute atomic E-state index is 5.77. The van der Waals surface area contributed by atoms with Gasteiger partial charge < -0.3 is 9.84 Å². The summed E-state index contributed by atoms with van der Waals surface area (Å²) in [5.41, 5.74) is 0. The third-order valence-corrected chi connectivity index (χ3v) is 3.00. The fraction of sp³-hybridized carbons (Fsp3) is 0.444. The van der Waals surface area contributed by atoms with Gasteiger partial charge in [0.05, 0.1) is 6.20 Å². The molecule has 0 aliphatic heterocycles. The summed E-state index contributed by atoms with van der Waals surface area (Å²) in [5, 5.41) is 7.93. The largest absolute Gasteiger partial charge is 0.339 e. The van der Waals surface area contributed by atoms with Crippen molar-refractivity contribution in [3.63, 3.8) is 0 Å². The average Bonchev–Trinajstić information content (AvgIpc) is 2.83. The predicted octanol–water partition coefficient (Wildman–Crippen LogP) is 1.82. The van der Waals surface area contributed by atoms with Crippen LogP contribution in [0.25, 0.3) is 0 Å². The maximum Gasteiger partial charge on any atom is 0.227 e. The zero-order valence-corrected chi connectivity index (χ0v) is 10.3. The first-order valence-electron chi connectivity index (χ1n) is 4.84. The lowest BCUT2D eigenvalue weighted by Gasteiger charge is -1.98. The van der Waals surface area contributed by atoms with Crippen LogP contribution in [0.5, 0.6) is 0 Å². The summed E-state index contributed by atoms with van der Waals surface area (Å²) in [7, 11) is 0. The van der Waals surface area contributed by atoms with Crippen molar-refractivity contribution < 1.29 is 4.52 Å². The summed E-state index contributed by atoms with van der Waals surface area (Å²) in [5.74, 6) is 1.32. The number of aryl methyl sites for hydroxylation is 1. The molecule has 5 nitrogen and oxygen atoms in total. The molecule has 16 heavy (non-hydrogen) atoms. The third kappa shape index (κ3) is 3.26. The Balaban J connectivity index is 1.69. The molecule has 0 bridgehead atoms. The second-order valence-corrected chi connectivity index (χ2v) is 4.97. The monoisotopic (exact) mass is 258 g/mol. The first-order valence-corrected chi connectivity index (χ1v) is 6.03. The van der Waals surface area contributed by atoms with Crippen molar-refractivity contribution >= 4 is 22.9 Å². The standard InChI is InChI=1S/C9H11ClN4OS/c1-6-13-8(15-14-6)2-3-11-5-9-12-4-7(10)16-9/h4,11H,2-3,5H2,1H3. The number of halogens is 1. The van der Waals surface area contributed by atoms with Crippen molar-refractivity contribution in [1.82, 2.24) is 20.4 Å². The summed E-state index contributed by atoms with van der Waals surface area (Å²) in [6.07, 6.45) is 2.38. The Labute approximate surface area is 102 Å². The molecule has 0 atom stereocenters. The van der Waals surface area contributed by atoms with Gasteiger partial charge in [0.15, 0.2) is 5.82 Å². The van der Waals surface area contributed by atoms with Crippen LogP contribution in [0.1, 0.15) is 16.7 Å². The number of nitrogens with zero attached hydrogens (tertiary/aromatic N) is 3. The number of nitrogens with one attached hydrogen (secondary N) is 1. The highest BCUT2D eigenvalue weighted by atomic mass is 35.5. The van der Waals surface area contributed by atoms with Gasteiger partial charge in [-0.05, 0) is 6.92 Å². The lowest BCUT2D eigenvalue weighted by molar-refractivity contribution is 0.372. The highest BCUT2D eigenvalue weighted by Gasteiger charge is 2.02. The Morgan fingerprint density at radius 3 is 3.06 bits per heavy atom. The Morgan fingerprint density at radius 2 is 2.44 bits per heavy atom. The molecule has 0 fully saturated rings. The summed E-state index contributed by atoms with van der Waals surface area (Å²) in [6.45, 7) is 3.29. The molecule has 2 aromatic rings. The van der Waals surface area contributed by atoms with E-state index in [1.165, 1.54) is 11.3 Å². The van der Waals surface area contributed by atoms with Crippen molar-refractivity contribution in [1.29, 1.82) is 0 Å². The van der Waals surface area contributed by atoms with Gasteiger partial charge in [0.2, 0.25) is 5.89 Å². The molecule has 0 saturated heterocycles. The van der Waals surface area contributed by atoms with E-state index >= 15 is 0 Å². The van der Waals surface area contributed by atoms with Crippen molar-refractivity contribution in [3.8, 4) is 0 Å². The van der Waals surface area contributed by atoms with E-state index in [0.29, 0.717) is 22.6 Å². The molecule has 2 rings (SSSR count). The molecule has 0 aromatic carbocycles. The zero-order chi connectivity index (χ0) is 11.4. The molecule has 86 valence electrons. The van der Waals surface area contributed by atoms with Gasteiger partial charge in [-0.3, -0.25) is 0 Å². The molecule has 7 heteroatoms. The van der Waals surface area contributed by atoms with Crippen molar-refractivity contribution in [2.75, 3.05) is 6.54 Å². The van der Waals surface area contributed by atoms with Crippen LogP contribution in [0.4, 0.5) is 0 Å². The van der Waals surface area contributed by atoms with Crippen LogP contribution in [0.2, 0.25) is 4.34 Å². The highest BCUT2D eigenvalue weighted by molar-refractivity contribution is 7.15. The lowest BCUT2D eigenvalue weighted by Crippen LogP contribution is -2.16. The minimum absolute atomic E-state index is 0.655. The van der Waals surface area contributed by atoms with Crippen molar-refractivity contribution in [2.24, 2.45) is 0 Å². The molecule has 0 saturated carbocycles. The van der Waals surface area contributed by atoms with Gasteiger partial charge in [0.25, 0.3) is 0 Å². The molecule has 0 spiro atoms.